The summed E-state index contributed by atoms with van der Waals surface area (Å²) in [5.41, 5.74) is 5.57. The molecular formula is C11H20N4S. The van der Waals surface area contributed by atoms with Crippen molar-refractivity contribution in [3.05, 3.63) is 5.01 Å². The molecule has 0 bridgehead atoms. The number of piperidine rings is 1. The van der Waals surface area contributed by atoms with Gasteiger partial charge in [0.15, 0.2) is 0 Å². The lowest BCUT2D eigenvalue weighted by Gasteiger charge is -2.31. The molecule has 1 aliphatic rings. The average Bonchev–Trinajstić information content (AvgIpc) is 2.67. The number of likely N-dealkylation sites (tertiary alicyclic amines) is 1. The SMILES string of the molecule is CCCC1CCN(Cc2nnc(N)s2)CC1. The zero-order valence-electron chi connectivity index (χ0n) is 9.85. The van der Waals surface area contributed by atoms with Crippen LogP contribution in [0.15, 0.2) is 0 Å². The molecule has 2 N–H and O–H groups in total. The molecule has 1 aromatic heterocycles. The summed E-state index contributed by atoms with van der Waals surface area (Å²) in [7, 11) is 0. The minimum Gasteiger partial charge on any atom is -0.374 e. The predicted octanol–water partition coefficient (Wildman–Crippen LogP) is 2.13. The molecule has 1 saturated heterocycles. The van der Waals surface area contributed by atoms with Crippen molar-refractivity contribution in [1.82, 2.24) is 15.1 Å². The maximum Gasteiger partial charge on any atom is 0.203 e. The van der Waals surface area contributed by atoms with Gasteiger partial charge in [-0.3, -0.25) is 4.90 Å². The predicted molar refractivity (Wildman–Crippen MR) is 67.2 cm³/mol. The number of hydrogen-bond donors (Lipinski definition) is 1. The fourth-order valence-electron chi connectivity index (χ4n) is 2.36. The highest BCUT2D eigenvalue weighted by Crippen LogP contribution is 2.23. The fraction of sp³-hybridized carbons (Fsp3) is 0.818. The van der Waals surface area contributed by atoms with E-state index in [0.29, 0.717) is 5.13 Å². The summed E-state index contributed by atoms with van der Waals surface area (Å²) in [4.78, 5) is 2.46. The summed E-state index contributed by atoms with van der Waals surface area (Å²) in [6.45, 7) is 5.60. The first-order chi connectivity index (χ1) is 7.78. The minimum absolute atomic E-state index is 0.580. The lowest BCUT2D eigenvalue weighted by molar-refractivity contribution is 0.171. The van der Waals surface area contributed by atoms with Gasteiger partial charge in [-0.05, 0) is 31.8 Å². The van der Waals surface area contributed by atoms with Gasteiger partial charge >= 0.3 is 0 Å². The molecule has 4 nitrogen and oxygen atoms in total. The van der Waals surface area contributed by atoms with Gasteiger partial charge in [-0.1, -0.05) is 31.1 Å². The van der Waals surface area contributed by atoms with Crippen molar-refractivity contribution in [3.63, 3.8) is 0 Å². The molecule has 0 atom stereocenters. The number of rotatable bonds is 4. The topological polar surface area (TPSA) is 55.0 Å². The highest BCUT2D eigenvalue weighted by molar-refractivity contribution is 7.15. The van der Waals surface area contributed by atoms with Gasteiger partial charge in [-0.15, -0.1) is 10.2 Å². The Balaban J connectivity index is 1.77. The normalized spacial score (nSPS) is 19.1. The molecule has 2 rings (SSSR count). The summed E-state index contributed by atoms with van der Waals surface area (Å²) < 4.78 is 0. The highest BCUT2D eigenvalue weighted by Gasteiger charge is 2.19. The molecule has 1 aliphatic heterocycles. The summed E-state index contributed by atoms with van der Waals surface area (Å²) >= 11 is 1.51. The first-order valence-electron chi connectivity index (χ1n) is 6.08. The average molecular weight is 240 g/mol. The molecular weight excluding hydrogens is 220 g/mol. The lowest BCUT2D eigenvalue weighted by atomic mass is 9.92. The van der Waals surface area contributed by atoms with Crippen LogP contribution in [0.25, 0.3) is 0 Å². The third-order valence-electron chi connectivity index (χ3n) is 3.25. The molecule has 5 heteroatoms. The molecule has 1 fully saturated rings. The number of nitrogens with two attached hydrogens (primary N) is 1. The van der Waals surface area contributed by atoms with Crippen molar-refractivity contribution in [2.45, 2.75) is 39.2 Å². The number of aromatic nitrogens is 2. The zero-order chi connectivity index (χ0) is 11.4. The van der Waals surface area contributed by atoms with Gasteiger partial charge in [0.25, 0.3) is 0 Å². The Morgan fingerprint density at radius 1 is 1.38 bits per heavy atom. The second kappa shape index (κ2) is 5.59. The molecule has 0 unspecified atom stereocenters. The van der Waals surface area contributed by atoms with Crippen molar-refractivity contribution in [2.24, 2.45) is 5.92 Å². The van der Waals surface area contributed by atoms with Crippen molar-refractivity contribution >= 4 is 16.5 Å². The summed E-state index contributed by atoms with van der Waals surface area (Å²) in [6, 6.07) is 0. The van der Waals surface area contributed by atoms with Gasteiger partial charge in [0.2, 0.25) is 5.13 Å². The highest BCUT2D eigenvalue weighted by atomic mass is 32.1. The van der Waals surface area contributed by atoms with Gasteiger partial charge < -0.3 is 5.73 Å². The Morgan fingerprint density at radius 3 is 2.69 bits per heavy atom. The Labute approximate surface area is 101 Å². The molecule has 0 amide bonds. The van der Waals surface area contributed by atoms with Crippen LogP contribution in [0.4, 0.5) is 5.13 Å². The summed E-state index contributed by atoms with van der Waals surface area (Å²) in [5, 5.41) is 9.54. The van der Waals surface area contributed by atoms with E-state index in [-0.39, 0.29) is 0 Å². The first-order valence-corrected chi connectivity index (χ1v) is 6.89. The molecule has 0 spiro atoms. The van der Waals surface area contributed by atoms with Crippen molar-refractivity contribution in [1.29, 1.82) is 0 Å². The Hall–Kier alpha value is -0.680. The molecule has 0 saturated carbocycles. The maximum atomic E-state index is 5.57. The molecule has 16 heavy (non-hydrogen) atoms. The van der Waals surface area contributed by atoms with Crippen LogP contribution in [0.3, 0.4) is 0 Å². The van der Waals surface area contributed by atoms with Gasteiger partial charge in [-0.2, -0.15) is 0 Å². The van der Waals surface area contributed by atoms with Crippen LogP contribution < -0.4 is 5.73 Å². The number of nitrogens with zero attached hydrogens (tertiary/aromatic N) is 3. The molecule has 0 aromatic carbocycles. The standard InChI is InChI=1S/C11H20N4S/c1-2-3-9-4-6-15(7-5-9)8-10-13-14-11(12)16-10/h9H,2-8H2,1H3,(H2,12,14). The second-order valence-corrected chi connectivity index (χ2v) is 5.64. The third kappa shape index (κ3) is 3.15. The molecule has 0 radical (unpaired) electrons. The van der Waals surface area contributed by atoms with E-state index in [1.54, 1.807) is 0 Å². The fourth-order valence-corrected chi connectivity index (χ4v) is 3.02. The van der Waals surface area contributed by atoms with Crippen LogP contribution in [0.5, 0.6) is 0 Å². The Morgan fingerprint density at radius 2 is 2.12 bits per heavy atom. The largest absolute Gasteiger partial charge is 0.374 e. The van der Waals surface area contributed by atoms with Gasteiger partial charge in [0.05, 0.1) is 6.54 Å². The van der Waals surface area contributed by atoms with Crippen LogP contribution >= 0.6 is 11.3 Å². The quantitative estimate of drug-likeness (QED) is 0.876. The van der Waals surface area contributed by atoms with E-state index in [1.165, 1.54) is 50.1 Å². The van der Waals surface area contributed by atoms with Crippen LogP contribution in [-0.2, 0) is 6.54 Å². The van der Waals surface area contributed by atoms with E-state index in [1.807, 2.05) is 0 Å². The number of hydrogen-bond acceptors (Lipinski definition) is 5. The van der Waals surface area contributed by atoms with E-state index in [2.05, 4.69) is 22.0 Å². The minimum atomic E-state index is 0.580. The monoisotopic (exact) mass is 240 g/mol. The second-order valence-electron chi connectivity index (χ2n) is 4.54. The zero-order valence-corrected chi connectivity index (χ0v) is 10.7. The smallest absolute Gasteiger partial charge is 0.203 e. The van der Waals surface area contributed by atoms with Gasteiger partial charge in [0, 0.05) is 0 Å². The maximum absolute atomic E-state index is 5.57. The van der Waals surface area contributed by atoms with E-state index < -0.39 is 0 Å². The summed E-state index contributed by atoms with van der Waals surface area (Å²) in [5.74, 6) is 0.945. The van der Waals surface area contributed by atoms with Gasteiger partial charge in [0.1, 0.15) is 5.01 Å². The van der Waals surface area contributed by atoms with Gasteiger partial charge in [-0.25, -0.2) is 0 Å². The van der Waals surface area contributed by atoms with E-state index >= 15 is 0 Å². The van der Waals surface area contributed by atoms with Crippen LogP contribution in [-0.4, -0.2) is 28.2 Å². The van der Waals surface area contributed by atoms with E-state index in [4.69, 9.17) is 5.73 Å². The molecule has 1 aromatic rings. The van der Waals surface area contributed by atoms with Crippen LogP contribution in [0.1, 0.15) is 37.6 Å². The van der Waals surface area contributed by atoms with E-state index in [0.717, 1.165) is 17.5 Å². The lowest BCUT2D eigenvalue weighted by Crippen LogP contribution is -2.33. The van der Waals surface area contributed by atoms with E-state index in [9.17, 15) is 0 Å². The Bertz CT molecular complexity index is 318. The van der Waals surface area contributed by atoms with Crippen LogP contribution in [0.2, 0.25) is 0 Å². The van der Waals surface area contributed by atoms with Crippen molar-refractivity contribution < 1.29 is 0 Å². The molecule has 90 valence electrons. The van der Waals surface area contributed by atoms with Crippen LogP contribution in [0, 0.1) is 5.92 Å². The number of nitrogen functional groups attached to an aromatic ring is 1. The molecule has 0 aliphatic carbocycles. The summed E-state index contributed by atoms with van der Waals surface area (Å²) in [6.07, 6.45) is 5.38. The van der Waals surface area contributed by atoms with Crippen molar-refractivity contribution in [2.75, 3.05) is 18.8 Å². The van der Waals surface area contributed by atoms with Crippen molar-refractivity contribution in [3.8, 4) is 0 Å². The Kier molecular flexibility index (Phi) is 4.12. The third-order valence-corrected chi connectivity index (χ3v) is 3.98. The first kappa shape index (κ1) is 11.8. The molecule has 2 heterocycles. The number of anilines is 1.